The molecule has 0 aliphatic carbocycles. The van der Waals surface area contributed by atoms with E-state index in [0.29, 0.717) is 48.7 Å². The van der Waals surface area contributed by atoms with Crippen LogP contribution in [0.5, 0.6) is 11.9 Å². The second-order valence-electron chi connectivity index (χ2n) is 11.7. The molecule has 3 aromatic heterocycles. The van der Waals surface area contributed by atoms with Gasteiger partial charge in [-0.2, -0.15) is 23.3 Å². The number of aromatic nitrogens is 6. The molecule has 46 heavy (non-hydrogen) atoms. The highest BCUT2D eigenvalue weighted by Crippen LogP contribution is 2.42. The number of anilines is 1. The normalized spacial score (nSPS) is 18.5. The van der Waals surface area contributed by atoms with Crippen LogP contribution in [-0.4, -0.2) is 79.8 Å². The van der Waals surface area contributed by atoms with Gasteiger partial charge in [0.2, 0.25) is 12.0 Å². The third-order valence-electron chi connectivity index (χ3n) is 8.57. The fourth-order valence-corrected chi connectivity index (χ4v) is 6.12. The lowest BCUT2D eigenvalue weighted by Crippen LogP contribution is -2.41. The number of halogens is 3. The van der Waals surface area contributed by atoms with Gasteiger partial charge in [-0.15, -0.1) is 0 Å². The molecule has 2 fully saturated rings. The molecule has 2 N–H and O–H groups in total. The quantitative estimate of drug-likeness (QED) is 0.283. The van der Waals surface area contributed by atoms with Gasteiger partial charge in [-0.05, 0) is 56.2 Å². The number of benzene rings is 1. The summed E-state index contributed by atoms with van der Waals surface area (Å²) in [6.45, 7) is 5.12. The number of carboxylic acid groups (broad SMARTS) is 1. The topological polar surface area (TPSA) is 140 Å². The van der Waals surface area contributed by atoms with Crippen molar-refractivity contribution in [3.05, 3.63) is 66.0 Å². The van der Waals surface area contributed by atoms with Crippen LogP contribution in [0.15, 0.2) is 48.9 Å². The summed E-state index contributed by atoms with van der Waals surface area (Å²) in [5.74, 6) is -0.354. The lowest BCUT2D eigenvalue weighted by molar-refractivity contribution is -0.198. The number of piperidine rings is 1. The molecular formula is C31H33F3N8O4. The average molecular weight is 639 g/mol. The summed E-state index contributed by atoms with van der Waals surface area (Å²) < 4.78 is 56.6. The zero-order chi connectivity index (χ0) is 32.6. The number of alkyl halides is 3. The number of carboxylic acids is 1. The highest BCUT2D eigenvalue weighted by molar-refractivity contribution is 5.74. The Bertz CT molecular complexity index is 1720. The molecule has 1 spiro atoms. The highest BCUT2D eigenvalue weighted by atomic mass is 19.4. The number of ether oxygens (including phenoxy) is 2. The highest BCUT2D eigenvalue weighted by Gasteiger charge is 2.46. The van der Waals surface area contributed by atoms with Gasteiger partial charge in [0.25, 0.3) is 0 Å². The van der Waals surface area contributed by atoms with E-state index in [1.807, 2.05) is 4.90 Å². The number of methoxy groups -OCH3 is 1. The van der Waals surface area contributed by atoms with Crippen LogP contribution in [-0.2, 0) is 4.79 Å². The van der Waals surface area contributed by atoms with Gasteiger partial charge < -0.3 is 24.8 Å². The second kappa shape index (κ2) is 12.2. The zero-order valence-corrected chi connectivity index (χ0v) is 25.5. The maximum atomic E-state index is 14.8. The van der Waals surface area contributed by atoms with E-state index in [4.69, 9.17) is 9.47 Å². The molecule has 1 aromatic carbocycles. The Kier molecular flexibility index (Phi) is 8.27. The van der Waals surface area contributed by atoms with Crippen molar-refractivity contribution in [3.8, 4) is 28.7 Å². The molecule has 0 amide bonds. The number of hydrogen-bond donors (Lipinski definition) is 2. The first-order valence-electron chi connectivity index (χ1n) is 14.8. The van der Waals surface area contributed by atoms with Crippen LogP contribution in [0, 0.1) is 19.3 Å². The van der Waals surface area contributed by atoms with Crippen molar-refractivity contribution in [2.45, 2.75) is 51.4 Å². The Balaban J connectivity index is 1.30. The van der Waals surface area contributed by atoms with Crippen molar-refractivity contribution in [1.82, 2.24) is 35.0 Å². The van der Waals surface area contributed by atoms with Gasteiger partial charge >= 0.3 is 18.2 Å². The van der Waals surface area contributed by atoms with E-state index < -0.39 is 24.3 Å². The standard InChI is InChI=1S/C31H33F3N8O4/c1-18-6-9-42(40-18)24-12-20(21-15-35-29(45-3)36-16-21)4-5-22(24)27(31(32,33)34)46-26-13-25(38-19(2)39-26)41-10-7-30(8-11-41)14-23(28(43)44)37-17-30/h4-6,9,12-13,15-16,23,27,37H,7-8,10-11,14,17H2,1-3H3,(H,43,44)/t23-,27+/m0/s1. The minimum atomic E-state index is -4.81. The molecule has 2 atom stereocenters. The maximum Gasteiger partial charge on any atom is 0.429 e. The van der Waals surface area contributed by atoms with Crippen LogP contribution in [0.2, 0.25) is 0 Å². The third-order valence-corrected chi connectivity index (χ3v) is 8.57. The van der Waals surface area contributed by atoms with Gasteiger partial charge in [0.15, 0.2) is 0 Å². The molecule has 242 valence electrons. The van der Waals surface area contributed by atoms with Crippen molar-refractivity contribution in [1.29, 1.82) is 0 Å². The number of rotatable bonds is 8. The number of hydrogen-bond acceptors (Lipinski definition) is 10. The van der Waals surface area contributed by atoms with Crippen LogP contribution in [0.25, 0.3) is 16.8 Å². The van der Waals surface area contributed by atoms with Crippen LogP contribution < -0.4 is 19.7 Å². The summed E-state index contributed by atoms with van der Waals surface area (Å²) in [6, 6.07) is 7.22. The molecule has 0 radical (unpaired) electrons. The lowest BCUT2D eigenvalue weighted by atomic mass is 9.76. The molecule has 12 nitrogen and oxygen atoms in total. The molecule has 2 aliphatic heterocycles. The fraction of sp³-hybridized carbons (Fsp3) is 0.419. The Hall–Kier alpha value is -4.79. The molecule has 2 saturated heterocycles. The van der Waals surface area contributed by atoms with E-state index in [1.54, 1.807) is 38.2 Å². The van der Waals surface area contributed by atoms with E-state index in [2.05, 4.69) is 30.4 Å². The average Bonchev–Trinajstić information content (AvgIpc) is 3.66. The van der Waals surface area contributed by atoms with E-state index in [0.717, 1.165) is 12.8 Å². The van der Waals surface area contributed by atoms with Crippen molar-refractivity contribution >= 4 is 11.8 Å². The van der Waals surface area contributed by atoms with Gasteiger partial charge in [0.05, 0.1) is 18.5 Å². The predicted octanol–water partition coefficient (Wildman–Crippen LogP) is 4.46. The zero-order valence-electron chi connectivity index (χ0n) is 25.5. The van der Waals surface area contributed by atoms with Gasteiger partial charge in [-0.25, -0.2) is 19.6 Å². The van der Waals surface area contributed by atoms with Gasteiger partial charge in [-0.3, -0.25) is 4.79 Å². The summed E-state index contributed by atoms with van der Waals surface area (Å²) >= 11 is 0. The van der Waals surface area contributed by atoms with Gasteiger partial charge in [-0.1, -0.05) is 12.1 Å². The molecule has 0 bridgehead atoms. The number of aliphatic carboxylic acids is 1. The van der Waals surface area contributed by atoms with E-state index in [-0.39, 0.29) is 34.4 Å². The smallest absolute Gasteiger partial charge is 0.429 e. The fourth-order valence-electron chi connectivity index (χ4n) is 6.12. The summed E-state index contributed by atoms with van der Waals surface area (Å²) in [4.78, 5) is 30.4. The molecular weight excluding hydrogens is 605 g/mol. The van der Waals surface area contributed by atoms with Crippen LogP contribution >= 0.6 is 0 Å². The summed E-state index contributed by atoms with van der Waals surface area (Å²) in [7, 11) is 1.44. The van der Waals surface area contributed by atoms with Crippen molar-refractivity contribution in [2.24, 2.45) is 5.41 Å². The van der Waals surface area contributed by atoms with Gasteiger partial charge in [0, 0.05) is 55.4 Å². The minimum Gasteiger partial charge on any atom is -0.480 e. The summed E-state index contributed by atoms with van der Waals surface area (Å²) in [5, 5.41) is 16.9. The minimum absolute atomic E-state index is 0.131. The van der Waals surface area contributed by atoms with Crippen LogP contribution in [0.1, 0.15) is 42.4 Å². The first-order valence-corrected chi connectivity index (χ1v) is 14.8. The molecule has 2 aliphatic rings. The van der Waals surface area contributed by atoms with Gasteiger partial charge in [0.1, 0.15) is 17.7 Å². The molecule has 5 heterocycles. The Morgan fingerprint density at radius 2 is 1.83 bits per heavy atom. The summed E-state index contributed by atoms with van der Waals surface area (Å²) in [6.07, 6.45) is -0.547. The Labute approximate surface area is 262 Å². The predicted molar refractivity (Wildman–Crippen MR) is 160 cm³/mol. The number of carbonyl (C=O) groups is 1. The Morgan fingerprint density at radius 1 is 1.09 bits per heavy atom. The van der Waals surface area contributed by atoms with E-state index >= 15 is 0 Å². The second-order valence-corrected chi connectivity index (χ2v) is 11.7. The first-order chi connectivity index (χ1) is 21.9. The molecule has 0 saturated carbocycles. The van der Waals surface area contributed by atoms with E-state index in [1.165, 1.54) is 36.3 Å². The van der Waals surface area contributed by atoms with Crippen LogP contribution in [0.3, 0.4) is 0 Å². The molecule has 0 unspecified atom stereocenters. The monoisotopic (exact) mass is 638 g/mol. The molecule has 6 rings (SSSR count). The first kappa shape index (κ1) is 31.2. The van der Waals surface area contributed by atoms with Crippen molar-refractivity contribution < 1.29 is 32.5 Å². The van der Waals surface area contributed by atoms with Crippen molar-refractivity contribution in [3.63, 3.8) is 0 Å². The largest absolute Gasteiger partial charge is 0.480 e. The van der Waals surface area contributed by atoms with Crippen LogP contribution in [0.4, 0.5) is 19.0 Å². The number of aryl methyl sites for hydroxylation is 2. The lowest BCUT2D eigenvalue weighted by Gasteiger charge is -2.39. The molecule has 15 heteroatoms. The van der Waals surface area contributed by atoms with E-state index in [9.17, 15) is 23.1 Å². The molecule has 4 aromatic rings. The van der Waals surface area contributed by atoms with Crippen molar-refractivity contribution in [2.75, 3.05) is 31.6 Å². The summed E-state index contributed by atoms with van der Waals surface area (Å²) in [5.41, 5.74) is 1.65. The Morgan fingerprint density at radius 3 is 2.43 bits per heavy atom. The number of nitrogens with one attached hydrogen (secondary N) is 1. The SMILES string of the molecule is COc1ncc(-c2ccc([C@@H](Oc3cc(N4CCC5(CC4)CN[C@H](C(=O)O)C5)nc(C)n3)C(F)(F)F)c(-n3ccc(C)n3)c2)cn1. The third kappa shape index (κ3) is 6.45. The maximum absolute atomic E-state index is 14.8. The number of nitrogens with zero attached hydrogens (tertiary/aromatic N) is 7.